The first-order valence-corrected chi connectivity index (χ1v) is 5.43. The van der Waals surface area contributed by atoms with Crippen molar-refractivity contribution in [2.75, 3.05) is 5.32 Å². The highest BCUT2D eigenvalue weighted by Crippen LogP contribution is 2.17. The van der Waals surface area contributed by atoms with Crippen LogP contribution in [0.2, 0.25) is 0 Å². The number of benzene rings is 1. The molecule has 0 aliphatic carbocycles. The summed E-state index contributed by atoms with van der Waals surface area (Å²) in [5.41, 5.74) is -0.535. The number of pyridine rings is 1. The Kier molecular flexibility index (Phi) is 3.69. The van der Waals surface area contributed by atoms with Crippen molar-refractivity contribution in [2.24, 2.45) is 0 Å². The van der Waals surface area contributed by atoms with Gasteiger partial charge in [-0.25, -0.2) is 14.2 Å². The fourth-order valence-corrected chi connectivity index (χ4v) is 1.49. The van der Waals surface area contributed by atoms with Gasteiger partial charge >= 0.3 is 5.97 Å². The van der Waals surface area contributed by atoms with Crippen molar-refractivity contribution >= 4 is 17.6 Å². The number of hydrogen-bond donors (Lipinski definition) is 2. The number of nitrogens with one attached hydrogen (secondary N) is 1. The van der Waals surface area contributed by atoms with E-state index in [1.54, 1.807) is 0 Å². The molecular formula is C13H8F2N2O3. The summed E-state index contributed by atoms with van der Waals surface area (Å²) >= 11 is 0. The summed E-state index contributed by atoms with van der Waals surface area (Å²) in [6.45, 7) is 0. The first kappa shape index (κ1) is 13.6. The normalized spacial score (nSPS) is 10.1. The Morgan fingerprint density at radius 2 is 1.85 bits per heavy atom. The number of carboxylic acid groups (broad SMARTS) is 1. The number of anilines is 1. The van der Waals surface area contributed by atoms with Crippen molar-refractivity contribution in [2.45, 2.75) is 0 Å². The minimum absolute atomic E-state index is 0.0578. The molecule has 0 saturated heterocycles. The second kappa shape index (κ2) is 5.43. The lowest BCUT2D eigenvalue weighted by Gasteiger charge is -2.07. The van der Waals surface area contributed by atoms with Gasteiger partial charge in [-0.2, -0.15) is 4.39 Å². The number of aromatic carboxylic acids is 1. The van der Waals surface area contributed by atoms with Gasteiger partial charge in [-0.15, -0.1) is 0 Å². The Balaban J connectivity index is 2.27. The molecule has 7 heteroatoms. The van der Waals surface area contributed by atoms with E-state index < -0.39 is 23.6 Å². The van der Waals surface area contributed by atoms with E-state index in [2.05, 4.69) is 10.3 Å². The molecule has 5 nitrogen and oxygen atoms in total. The first-order valence-electron chi connectivity index (χ1n) is 5.43. The van der Waals surface area contributed by atoms with Crippen molar-refractivity contribution in [1.29, 1.82) is 0 Å². The maximum atomic E-state index is 13.5. The monoisotopic (exact) mass is 278 g/mol. The number of carbonyl (C=O) groups excluding carboxylic acids is 1. The Morgan fingerprint density at radius 3 is 2.50 bits per heavy atom. The Morgan fingerprint density at radius 1 is 1.10 bits per heavy atom. The second-order valence-electron chi connectivity index (χ2n) is 3.82. The van der Waals surface area contributed by atoms with E-state index in [-0.39, 0.29) is 16.8 Å². The summed E-state index contributed by atoms with van der Waals surface area (Å²) < 4.78 is 26.4. The third-order valence-electron chi connectivity index (χ3n) is 2.45. The summed E-state index contributed by atoms with van der Waals surface area (Å²) in [7, 11) is 0. The van der Waals surface area contributed by atoms with E-state index in [1.165, 1.54) is 6.07 Å². The van der Waals surface area contributed by atoms with Crippen LogP contribution in [0, 0.1) is 11.8 Å². The molecule has 102 valence electrons. The van der Waals surface area contributed by atoms with Gasteiger partial charge in [0.25, 0.3) is 5.91 Å². The molecule has 0 fully saturated rings. The zero-order chi connectivity index (χ0) is 14.7. The van der Waals surface area contributed by atoms with Crippen LogP contribution in [0.15, 0.2) is 36.5 Å². The molecule has 0 atom stereocenters. The largest absolute Gasteiger partial charge is 0.478 e. The van der Waals surface area contributed by atoms with Gasteiger partial charge in [0.05, 0.1) is 11.3 Å². The van der Waals surface area contributed by atoms with Crippen LogP contribution in [-0.4, -0.2) is 22.0 Å². The molecule has 0 unspecified atom stereocenters. The van der Waals surface area contributed by atoms with Crippen molar-refractivity contribution in [3.63, 3.8) is 0 Å². The van der Waals surface area contributed by atoms with Gasteiger partial charge in [-0.05, 0) is 24.3 Å². The van der Waals surface area contributed by atoms with Crippen molar-refractivity contribution in [3.8, 4) is 0 Å². The highest BCUT2D eigenvalue weighted by atomic mass is 19.1. The number of halogens is 2. The molecule has 2 aromatic rings. The molecule has 1 aromatic heterocycles. The van der Waals surface area contributed by atoms with Gasteiger partial charge in [0.15, 0.2) is 0 Å². The van der Waals surface area contributed by atoms with E-state index in [9.17, 15) is 18.4 Å². The smallest absolute Gasteiger partial charge is 0.335 e. The first-order chi connectivity index (χ1) is 9.47. The highest BCUT2D eigenvalue weighted by Gasteiger charge is 2.13. The maximum absolute atomic E-state index is 13.5. The minimum Gasteiger partial charge on any atom is -0.478 e. The van der Waals surface area contributed by atoms with Gasteiger partial charge in [-0.1, -0.05) is 0 Å². The van der Waals surface area contributed by atoms with Crippen molar-refractivity contribution in [1.82, 2.24) is 4.98 Å². The molecule has 0 aliphatic rings. The summed E-state index contributed by atoms with van der Waals surface area (Å²) in [6.07, 6.45) is 1.09. The number of nitrogens with zero attached hydrogens (tertiary/aromatic N) is 1. The molecule has 2 N–H and O–H groups in total. The molecule has 0 saturated carbocycles. The number of aromatic nitrogens is 1. The zero-order valence-corrected chi connectivity index (χ0v) is 9.93. The minimum atomic E-state index is -1.25. The number of amides is 1. The van der Waals surface area contributed by atoms with Gasteiger partial charge in [-0.3, -0.25) is 4.79 Å². The molecule has 0 radical (unpaired) electrons. The third kappa shape index (κ3) is 2.94. The fraction of sp³-hybridized carbons (Fsp3) is 0. The molecule has 2 rings (SSSR count). The summed E-state index contributed by atoms with van der Waals surface area (Å²) in [5.74, 6) is -3.67. The predicted molar refractivity (Wildman–Crippen MR) is 65.5 cm³/mol. The van der Waals surface area contributed by atoms with E-state index in [0.717, 1.165) is 30.5 Å². The van der Waals surface area contributed by atoms with Crippen LogP contribution in [-0.2, 0) is 0 Å². The average Bonchev–Trinajstić information content (AvgIpc) is 2.41. The third-order valence-corrected chi connectivity index (χ3v) is 2.45. The van der Waals surface area contributed by atoms with Crippen molar-refractivity contribution in [3.05, 3.63) is 59.4 Å². The van der Waals surface area contributed by atoms with E-state index in [1.807, 2.05) is 0 Å². The van der Waals surface area contributed by atoms with E-state index >= 15 is 0 Å². The quantitative estimate of drug-likeness (QED) is 0.844. The number of rotatable bonds is 3. The SMILES string of the molecule is O=C(O)c1ccc(F)c(NC(=O)c2ccnc(F)c2)c1. The van der Waals surface area contributed by atoms with Gasteiger partial charge < -0.3 is 10.4 Å². The lowest BCUT2D eigenvalue weighted by molar-refractivity contribution is 0.0696. The van der Waals surface area contributed by atoms with Gasteiger partial charge in [0.2, 0.25) is 5.95 Å². The van der Waals surface area contributed by atoms with Crippen LogP contribution in [0.4, 0.5) is 14.5 Å². The summed E-state index contributed by atoms with van der Waals surface area (Å²) in [6, 6.07) is 5.10. The predicted octanol–water partition coefficient (Wildman–Crippen LogP) is 2.31. The Bertz CT molecular complexity index is 689. The second-order valence-corrected chi connectivity index (χ2v) is 3.82. The van der Waals surface area contributed by atoms with Crippen LogP contribution in [0.1, 0.15) is 20.7 Å². The topological polar surface area (TPSA) is 79.3 Å². The lowest BCUT2D eigenvalue weighted by atomic mass is 10.2. The molecule has 0 aliphatic heterocycles. The maximum Gasteiger partial charge on any atom is 0.335 e. The number of carbonyl (C=O) groups is 2. The van der Waals surface area contributed by atoms with Gasteiger partial charge in [0, 0.05) is 17.8 Å². The Labute approximate surface area is 111 Å². The number of hydrogen-bond acceptors (Lipinski definition) is 3. The summed E-state index contributed by atoms with van der Waals surface area (Å²) in [4.78, 5) is 25.8. The molecule has 1 amide bonds. The average molecular weight is 278 g/mol. The highest BCUT2D eigenvalue weighted by molar-refractivity contribution is 6.04. The van der Waals surface area contributed by atoms with Crippen LogP contribution >= 0.6 is 0 Å². The zero-order valence-electron chi connectivity index (χ0n) is 9.93. The lowest BCUT2D eigenvalue weighted by Crippen LogP contribution is -2.14. The standard InChI is InChI=1S/C13H8F2N2O3/c14-9-2-1-8(13(19)20)5-10(9)17-12(18)7-3-4-16-11(15)6-7/h1-6H,(H,17,18)(H,19,20). The molecule has 1 aromatic carbocycles. The Hall–Kier alpha value is -2.83. The van der Waals surface area contributed by atoms with Gasteiger partial charge in [0.1, 0.15) is 5.82 Å². The van der Waals surface area contributed by atoms with Crippen LogP contribution in [0.5, 0.6) is 0 Å². The fourth-order valence-electron chi connectivity index (χ4n) is 1.49. The molecule has 0 bridgehead atoms. The molecular weight excluding hydrogens is 270 g/mol. The van der Waals surface area contributed by atoms with Crippen LogP contribution < -0.4 is 5.32 Å². The van der Waals surface area contributed by atoms with Crippen LogP contribution in [0.25, 0.3) is 0 Å². The van der Waals surface area contributed by atoms with E-state index in [4.69, 9.17) is 5.11 Å². The molecule has 20 heavy (non-hydrogen) atoms. The van der Waals surface area contributed by atoms with Crippen LogP contribution in [0.3, 0.4) is 0 Å². The summed E-state index contributed by atoms with van der Waals surface area (Å²) in [5, 5.41) is 11.0. The van der Waals surface area contributed by atoms with E-state index in [0.29, 0.717) is 0 Å². The number of carboxylic acids is 1. The van der Waals surface area contributed by atoms with Crippen molar-refractivity contribution < 1.29 is 23.5 Å². The molecule has 1 heterocycles. The molecule has 0 spiro atoms.